The molecule has 0 aromatic heterocycles. The Labute approximate surface area is 250 Å². The van der Waals surface area contributed by atoms with E-state index in [4.69, 9.17) is 4.74 Å². The number of halogens is 1. The number of benzene rings is 2. The lowest BCUT2D eigenvalue weighted by molar-refractivity contribution is -0.139. The van der Waals surface area contributed by atoms with Crippen LogP contribution in [0.3, 0.4) is 0 Å². The fourth-order valence-corrected chi connectivity index (χ4v) is 6.33. The van der Waals surface area contributed by atoms with E-state index in [0.29, 0.717) is 24.4 Å². The van der Waals surface area contributed by atoms with Crippen LogP contribution in [0.5, 0.6) is 0 Å². The van der Waals surface area contributed by atoms with Crippen molar-refractivity contribution in [2.45, 2.75) is 77.0 Å². The summed E-state index contributed by atoms with van der Waals surface area (Å²) in [6.45, 7) is 7.03. The van der Waals surface area contributed by atoms with E-state index in [9.17, 15) is 19.1 Å². The summed E-state index contributed by atoms with van der Waals surface area (Å²) in [5.74, 6) is 0.313. The fourth-order valence-electron chi connectivity index (χ4n) is 6.33. The Balaban J connectivity index is 0.000000600. The molecule has 7 nitrogen and oxygen atoms in total. The molecular weight excluding hydrogens is 533 g/mol. The van der Waals surface area contributed by atoms with Gasteiger partial charge in [-0.2, -0.15) is 0 Å². The highest BCUT2D eigenvalue weighted by molar-refractivity contribution is 5.69. The van der Waals surface area contributed by atoms with Gasteiger partial charge in [0, 0.05) is 44.8 Å². The molecule has 2 aromatic carbocycles. The van der Waals surface area contributed by atoms with Crippen LogP contribution in [0.15, 0.2) is 60.7 Å². The molecule has 1 N–H and O–H groups in total. The molecule has 230 valence electrons. The highest BCUT2D eigenvalue weighted by atomic mass is 19.1. The van der Waals surface area contributed by atoms with Crippen molar-refractivity contribution in [1.82, 2.24) is 14.7 Å². The van der Waals surface area contributed by atoms with Crippen molar-refractivity contribution in [3.8, 4) is 0 Å². The quantitative estimate of drug-likeness (QED) is 0.318. The number of hydrogen-bond donors (Lipinski definition) is 1. The number of nitrogens with zero attached hydrogens (tertiary/aromatic N) is 3. The number of piperidine rings is 1. The van der Waals surface area contributed by atoms with Gasteiger partial charge in [-0.25, -0.2) is 9.18 Å². The van der Waals surface area contributed by atoms with Crippen LogP contribution in [0.1, 0.15) is 63.9 Å². The summed E-state index contributed by atoms with van der Waals surface area (Å²) in [5.41, 5.74) is 0.782. The first kappa shape index (κ1) is 32.0. The van der Waals surface area contributed by atoms with Crippen molar-refractivity contribution in [3.05, 3.63) is 72.0 Å². The first-order chi connectivity index (χ1) is 20.4. The largest absolute Gasteiger partial charge is 0.480 e. The normalized spacial score (nSPS) is 21.0. The van der Waals surface area contributed by atoms with Gasteiger partial charge in [-0.3, -0.25) is 9.69 Å². The lowest BCUT2D eigenvalue weighted by Crippen LogP contribution is -2.48. The molecule has 2 aromatic rings. The number of amides is 1. The standard InChI is InChI=1S/C28H42FN3O4.C6H6/c1-2-13-32(28(35)36-20-22-5-8-24(29)9-6-22)25-11-14-30(15-12-25)17-23-7-10-26(16-23)31(19-27(33)34)18-21-3-4-21;1-2-4-6-5-3-1/h5-6,8-9,21,23,25-26H,2-4,7,10-20H2,1H3,(H,33,34);1-6H. The third-order valence-electron chi connectivity index (χ3n) is 8.71. The number of carboxylic acids is 1. The van der Waals surface area contributed by atoms with Crippen LogP contribution in [0.2, 0.25) is 0 Å². The van der Waals surface area contributed by atoms with Crippen molar-refractivity contribution < 1.29 is 23.8 Å². The second-order valence-electron chi connectivity index (χ2n) is 12.2. The molecule has 8 heteroatoms. The van der Waals surface area contributed by atoms with Crippen LogP contribution >= 0.6 is 0 Å². The van der Waals surface area contributed by atoms with Gasteiger partial charge in [0.15, 0.2) is 0 Å². The summed E-state index contributed by atoms with van der Waals surface area (Å²) >= 11 is 0. The Morgan fingerprint density at radius 3 is 2.10 bits per heavy atom. The number of ether oxygens (including phenoxy) is 1. The Kier molecular flexibility index (Phi) is 12.6. The molecule has 1 amide bonds. The average molecular weight is 582 g/mol. The minimum Gasteiger partial charge on any atom is -0.480 e. The number of carboxylic acid groups (broad SMARTS) is 1. The van der Waals surface area contributed by atoms with Crippen LogP contribution in [0.4, 0.5) is 9.18 Å². The van der Waals surface area contributed by atoms with Crippen molar-refractivity contribution >= 4 is 12.1 Å². The molecular formula is C34H48FN3O4. The van der Waals surface area contributed by atoms with Crippen molar-refractivity contribution in [3.63, 3.8) is 0 Å². The van der Waals surface area contributed by atoms with Crippen LogP contribution in [0.25, 0.3) is 0 Å². The van der Waals surface area contributed by atoms with Gasteiger partial charge in [-0.1, -0.05) is 55.5 Å². The van der Waals surface area contributed by atoms with E-state index in [0.717, 1.165) is 63.8 Å². The van der Waals surface area contributed by atoms with Gasteiger partial charge in [0.1, 0.15) is 12.4 Å². The molecule has 1 saturated heterocycles. The van der Waals surface area contributed by atoms with Gasteiger partial charge in [-0.15, -0.1) is 0 Å². The zero-order valence-electron chi connectivity index (χ0n) is 25.1. The van der Waals surface area contributed by atoms with Crippen LogP contribution in [-0.2, 0) is 16.1 Å². The highest BCUT2D eigenvalue weighted by Crippen LogP contribution is 2.35. The molecule has 42 heavy (non-hydrogen) atoms. The molecule has 3 aliphatic rings. The van der Waals surface area contributed by atoms with Gasteiger partial charge in [0.05, 0.1) is 6.54 Å². The molecule has 2 unspecified atom stereocenters. The maximum absolute atomic E-state index is 13.1. The Morgan fingerprint density at radius 1 is 0.905 bits per heavy atom. The van der Waals surface area contributed by atoms with Gasteiger partial charge in [-0.05, 0) is 80.9 Å². The SMILES string of the molecule is CCCN(C(=O)OCc1ccc(F)cc1)C1CCN(CC2CCC(N(CC(=O)O)CC3CC3)C2)CC1.c1ccccc1. The number of carbonyl (C=O) groups is 2. The van der Waals surface area contributed by atoms with E-state index < -0.39 is 5.97 Å². The van der Waals surface area contributed by atoms with E-state index in [1.165, 1.54) is 31.4 Å². The average Bonchev–Trinajstić information content (AvgIpc) is 3.71. The summed E-state index contributed by atoms with van der Waals surface area (Å²) in [5, 5.41) is 9.35. The zero-order chi connectivity index (χ0) is 29.7. The van der Waals surface area contributed by atoms with Crippen LogP contribution in [-0.4, -0.2) is 83.2 Å². The molecule has 2 aliphatic carbocycles. The molecule has 0 bridgehead atoms. The van der Waals surface area contributed by atoms with Crippen molar-refractivity contribution in [2.75, 3.05) is 39.3 Å². The zero-order valence-corrected chi connectivity index (χ0v) is 25.1. The summed E-state index contributed by atoms with van der Waals surface area (Å²) in [4.78, 5) is 30.9. The Bertz CT molecular complexity index is 1050. The van der Waals surface area contributed by atoms with E-state index in [1.807, 2.05) is 41.3 Å². The second-order valence-corrected chi connectivity index (χ2v) is 12.2. The van der Waals surface area contributed by atoms with E-state index >= 15 is 0 Å². The lowest BCUT2D eigenvalue weighted by atomic mass is 10.0. The van der Waals surface area contributed by atoms with Crippen molar-refractivity contribution in [2.24, 2.45) is 11.8 Å². The number of carbonyl (C=O) groups excluding carboxylic acids is 1. The summed E-state index contributed by atoms with van der Waals surface area (Å²) in [7, 11) is 0. The first-order valence-corrected chi connectivity index (χ1v) is 15.8. The smallest absolute Gasteiger partial charge is 0.410 e. The number of hydrogen-bond acceptors (Lipinski definition) is 5. The molecule has 1 aliphatic heterocycles. The first-order valence-electron chi connectivity index (χ1n) is 15.8. The topological polar surface area (TPSA) is 73.3 Å². The predicted molar refractivity (Wildman–Crippen MR) is 163 cm³/mol. The fraction of sp³-hybridized carbons (Fsp3) is 0.588. The third-order valence-corrected chi connectivity index (χ3v) is 8.71. The van der Waals surface area contributed by atoms with Gasteiger partial charge >= 0.3 is 12.1 Å². The van der Waals surface area contributed by atoms with Crippen LogP contribution in [0, 0.1) is 17.7 Å². The Morgan fingerprint density at radius 2 is 1.52 bits per heavy atom. The number of likely N-dealkylation sites (tertiary alicyclic amines) is 1. The molecule has 2 atom stereocenters. The van der Waals surface area contributed by atoms with Crippen LogP contribution < -0.4 is 0 Å². The summed E-state index contributed by atoms with van der Waals surface area (Å²) in [6.07, 6.45) is 8.33. The molecule has 5 rings (SSSR count). The molecule has 0 radical (unpaired) electrons. The minimum absolute atomic E-state index is 0.153. The minimum atomic E-state index is -0.714. The Hall–Kier alpha value is -2.97. The lowest BCUT2D eigenvalue weighted by Gasteiger charge is -2.38. The maximum Gasteiger partial charge on any atom is 0.410 e. The summed E-state index contributed by atoms with van der Waals surface area (Å²) in [6, 6.07) is 18.6. The number of aliphatic carboxylic acids is 1. The van der Waals surface area contributed by atoms with Gasteiger partial charge < -0.3 is 19.6 Å². The molecule has 2 saturated carbocycles. The monoisotopic (exact) mass is 581 g/mol. The third kappa shape index (κ3) is 10.7. The van der Waals surface area contributed by atoms with Gasteiger partial charge in [0.25, 0.3) is 0 Å². The van der Waals surface area contributed by atoms with Gasteiger partial charge in [0.2, 0.25) is 0 Å². The number of rotatable bonds is 12. The highest BCUT2D eigenvalue weighted by Gasteiger charge is 2.35. The maximum atomic E-state index is 13.1. The molecule has 1 heterocycles. The second kappa shape index (κ2) is 16.6. The predicted octanol–water partition coefficient (Wildman–Crippen LogP) is 6.29. The van der Waals surface area contributed by atoms with E-state index in [2.05, 4.69) is 16.7 Å². The van der Waals surface area contributed by atoms with E-state index in [-0.39, 0.29) is 31.1 Å². The molecule has 0 spiro atoms. The van der Waals surface area contributed by atoms with Crippen molar-refractivity contribution in [1.29, 1.82) is 0 Å². The van der Waals surface area contributed by atoms with E-state index in [1.54, 1.807) is 12.1 Å². The molecule has 3 fully saturated rings. The summed E-state index contributed by atoms with van der Waals surface area (Å²) < 4.78 is 18.7.